The van der Waals surface area contributed by atoms with E-state index >= 15 is 0 Å². The van der Waals surface area contributed by atoms with E-state index in [0.717, 1.165) is 11.3 Å². The first-order valence-electron chi connectivity index (χ1n) is 5.70. The van der Waals surface area contributed by atoms with Gasteiger partial charge in [0.25, 0.3) is 5.56 Å². The van der Waals surface area contributed by atoms with E-state index in [0.29, 0.717) is 16.7 Å². The van der Waals surface area contributed by atoms with E-state index in [4.69, 9.17) is 4.52 Å². The molecule has 0 N–H and O–H groups in total. The van der Waals surface area contributed by atoms with E-state index in [1.165, 1.54) is 4.68 Å². The van der Waals surface area contributed by atoms with E-state index < -0.39 is 0 Å². The van der Waals surface area contributed by atoms with Crippen LogP contribution in [0.15, 0.2) is 26.1 Å². The van der Waals surface area contributed by atoms with Gasteiger partial charge in [0.15, 0.2) is 11.3 Å². The van der Waals surface area contributed by atoms with E-state index in [2.05, 4.69) is 10.3 Å². The lowest BCUT2D eigenvalue weighted by Crippen LogP contribution is -2.20. The molecule has 0 spiro atoms. The minimum Gasteiger partial charge on any atom is -0.355 e. The van der Waals surface area contributed by atoms with Crippen LogP contribution in [-0.4, -0.2) is 14.9 Å². The molecule has 3 heterocycles. The lowest BCUT2D eigenvalue weighted by atomic mass is 10.2. The minimum absolute atomic E-state index is 0.250. The Morgan fingerprint density at radius 2 is 2.26 bits per heavy atom. The van der Waals surface area contributed by atoms with Crippen molar-refractivity contribution in [2.75, 3.05) is 0 Å². The van der Waals surface area contributed by atoms with Crippen LogP contribution in [0.2, 0.25) is 0 Å². The summed E-state index contributed by atoms with van der Waals surface area (Å²) in [6.45, 7) is 1.83. The third kappa shape index (κ3) is 2.00. The molecule has 19 heavy (non-hydrogen) atoms. The van der Waals surface area contributed by atoms with Crippen LogP contribution in [-0.2, 0) is 7.05 Å². The Labute approximate surface area is 112 Å². The molecule has 0 saturated carbocycles. The molecule has 3 aromatic heterocycles. The third-order valence-electron chi connectivity index (χ3n) is 2.85. The quantitative estimate of drug-likeness (QED) is 0.719. The molecule has 0 atom stereocenters. The summed E-state index contributed by atoms with van der Waals surface area (Å²) >= 11 is 1.62. The summed E-state index contributed by atoms with van der Waals surface area (Å²) in [5.74, 6) is 0.559. The van der Waals surface area contributed by atoms with Gasteiger partial charge >= 0.3 is 0 Å². The summed E-state index contributed by atoms with van der Waals surface area (Å²) in [5, 5.41) is 12.7. The molecule has 96 valence electrons. The summed E-state index contributed by atoms with van der Waals surface area (Å²) in [5.41, 5.74) is 1.88. The van der Waals surface area contributed by atoms with E-state index in [1.807, 2.05) is 35.9 Å². The van der Waals surface area contributed by atoms with Crippen molar-refractivity contribution in [1.82, 2.24) is 14.9 Å². The molecule has 6 heteroatoms. The topological polar surface area (TPSA) is 60.9 Å². The Hall–Kier alpha value is -2.21. The maximum atomic E-state index is 11.9. The van der Waals surface area contributed by atoms with Crippen molar-refractivity contribution in [3.05, 3.63) is 44.2 Å². The Morgan fingerprint density at radius 1 is 1.42 bits per heavy atom. The Kier molecular flexibility index (Phi) is 2.79. The summed E-state index contributed by atoms with van der Waals surface area (Å²) in [4.78, 5) is 11.9. The zero-order chi connectivity index (χ0) is 13.4. The molecule has 0 aliphatic rings. The van der Waals surface area contributed by atoms with Gasteiger partial charge in [-0.1, -0.05) is 11.2 Å². The van der Waals surface area contributed by atoms with Gasteiger partial charge in [-0.15, -0.1) is 0 Å². The van der Waals surface area contributed by atoms with Gasteiger partial charge in [0.1, 0.15) is 0 Å². The summed E-state index contributed by atoms with van der Waals surface area (Å²) < 4.78 is 6.51. The van der Waals surface area contributed by atoms with Gasteiger partial charge in [-0.05, 0) is 35.4 Å². The number of rotatable bonds is 2. The van der Waals surface area contributed by atoms with Crippen LogP contribution in [0.3, 0.4) is 0 Å². The fourth-order valence-electron chi connectivity index (χ4n) is 1.93. The van der Waals surface area contributed by atoms with Gasteiger partial charge in [0, 0.05) is 7.05 Å². The fourth-order valence-corrected chi connectivity index (χ4v) is 2.56. The molecule has 0 aliphatic carbocycles. The van der Waals surface area contributed by atoms with Gasteiger partial charge < -0.3 is 4.52 Å². The second-order valence-electron chi connectivity index (χ2n) is 4.17. The Morgan fingerprint density at radius 3 is 3.00 bits per heavy atom. The second-order valence-corrected chi connectivity index (χ2v) is 4.95. The molecule has 0 radical (unpaired) electrons. The van der Waals surface area contributed by atoms with Crippen molar-refractivity contribution in [3.63, 3.8) is 0 Å². The third-order valence-corrected chi connectivity index (χ3v) is 3.55. The molecule has 5 nitrogen and oxygen atoms in total. The molecular weight excluding hydrogens is 262 g/mol. The normalized spacial score (nSPS) is 11.7. The van der Waals surface area contributed by atoms with Gasteiger partial charge in [-0.2, -0.15) is 16.4 Å². The maximum absolute atomic E-state index is 11.9. The molecule has 0 aliphatic heterocycles. The van der Waals surface area contributed by atoms with E-state index in [-0.39, 0.29) is 5.56 Å². The largest absolute Gasteiger partial charge is 0.355 e. The summed E-state index contributed by atoms with van der Waals surface area (Å²) in [7, 11) is 1.60. The van der Waals surface area contributed by atoms with Crippen LogP contribution >= 0.6 is 11.3 Å². The predicted octanol–water partition coefficient (Wildman–Crippen LogP) is 2.46. The maximum Gasteiger partial charge on any atom is 0.296 e. The molecule has 0 saturated heterocycles. The van der Waals surface area contributed by atoms with Crippen molar-refractivity contribution >= 4 is 34.4 Å². The van der Waals surface area contributed by atoms with Gasteiger partial charge in [0.05, 0.1) is 11.1 Å². The number of nitrogens with zero attached hydrogens (tertiary/aromatic N) is 3. The van der Waals surface area contributed by atoms with Crippen molar-refractivity contribution in [2.24, 2.45) is 7.05 Å². The average molecular weight is 273 g/mol. The minimum atomic E-state index is -0.250. The first-order valence-corrected chi connectivity index (χ1v) is 6.64. The van der Waals surface area contributed by atoms with Crippen molar-refractivity contribution < 1.29 is 4.52 Å². The van der Waals surface area contributed by atoms with Crippen LogP contribution in [0, 0.1) is 6.92 Å². The fraction of sp³-hybridized carbons (Fsp3) is 0.154. The summed E-state index contributed by atoms with van der Waals surface area (Å²) in [6.07, 6.45) is 3.73. The molecule has 0 amide bonds. The number of aryl methyl sites for hydroxylation is 2. The molecule has 0 bridgehead atoms. The Bertz CT molecular complexity index is 812. The van der Waals surface area contributed by atoms with Crippen molar-refractivity contribution in [2.45, 2.75) is 6.92 Å². The van der Waals surface area contributed by atoms with Crippen molar-refractivity contribution in [3.8, 4) is 0 Å². The first kappa shape index (κ1) is 11.9. The highest BCUT2D eigenvalue weighted by molar-refractivity contribution is 7.08. The lowest BCUT2D eigenvalue weighted by Gasteiger charge is -1.98. The summed E-state index contributed by atoms with van der Waals surface area (Å²) in [6, 6.07) is 2.00. The highest BCUT2D eigenvalue weighted by atomic mass is 32.1. The van der Waals surface area contributed by atoms with Gasteiger partial charge in [-0.25, -0.2) is 4.68 Å². The number of hydrogen-bond acceptors (Lipinski definition) is 5. The second kappa shape index (κ2) is 4.47. The standard InChI is InChI=1S/C13H11N3O2S/c1-8-11-10(4-3-9-5-6-19-7-9)18-15-12(11)13(17)16(2)14-8/h3-7H,1-2H3. The number of aromatic nitrogens is 3. The van der Waals surface area contributed by atoms with Crippen LogP contribution < -0.4 is 5.56 Å². The van der Waals surface area contributed by atoms with Crippen LogP contribution in [0.5, 0.6) is 0 Å². The zero-order valence-electron chi connectivity index (χ0n) is 10.5. The molecule has 0 fully saturated rings. The van der Waals surface area contributed by atoms with E-state index in [9.17, 15) is 4.79 Å². The highest BCUT2D eigenvalue weighted by Crippen LogP contribution is 2.20. The molecule has 3 aromatic rings. The number of hydrogen-bond donors (Lipinski definition) is 0. The van der Waals surface area contributed by atoms with Gasteiger partial charge in [0.2, 0.25) is 0 Å². The highest BCUT2D eigenvalue weighted by Gasteiger charge is 2.14. The van der Waals surface area contributed by atoms with Crippen LogP contribution in [0.4, 0.5) is 0 Å². The lowest BCUT2D eigenvalue weighted by molar-refractivity contribution is 0.420. The van der Waals surface area contributed by atoms with Crippen molar-refractivity contribution in [1.29, 1.82) is 0 Å². The number of fused-ring (bicyclic) bond motifs is 1. The smallest absolute Gasteiger partial charge is 0.296 e. The SMILES string of the molecule is Cc1nn(C)c(=O)c2noc(C=Cc3ccsc3)c12. The average Bonchev–Trinajstić information content (AvgIpc) is 3.03. The first-order chi connectivity index (χ1) is 9.16. The van der Waals surface area contributed by atoms with Gasteiger partial charge in [-0.3, -0.25) is 4.79 Å². The number of thiophene rings is 1. The Balaban J connectivity index is 2.16. The zero-order valence-corrected chi connectivity index (χ0v) is 11.3. The van der Waals surface area contributed by atoms with Crippen LogP contribution in [0.1, 0.15) is 17.0 Å². The molecule has 0 unspecified atom stereocenters. The molecule has 3 rings (SSSR count). The molecule has 0 aromatic carbocycles. The predicted molar refractivity (Wildman–Crippen MR) is 75.0 cm³/mol. The monoisotopic (exact) mass is 273 g/mol. The molecular formula is C13H11N3O2S. The van der Waals surface area contributed by atoms with E-state index in [1.54, 1.807) is 18.4 Å². The van der Waals surface area contributed by atoms with Crippen LogP contribution in [0.25, 0.3) is 23.1 Å².